The Kier molecular flexibility index (Phi) is 7.71. The van der Waals surface area contributed by atoms with Crippen LogP contribution in [0.5, 0.6) is 0 Å². The number of nitrogens with one attached hydrogen (secondary N) is 2. The van der Waals surface area contributed by atoms with Gasteiger partial charge in [-0.2, -0.15) is 4.98 Å². The topological polar surface area (TPSA) is 107 Å². The largest absolute Gasteiger partial charge is 0.356 e. The van der Waals surface area contributed by atoms with E-state index in [9.17, 15) is 7.86 Å². The number of pyridine rings is 1. The van der Waals surface area contributed by atoms with Gasteiger partial charge in [0, 0.05) is 56.4 Å². The minimum atomic E-state index is -1.44. The minimum absolute atomic E-state index is 0.0777. The number of rotatable bonds is 8. The first kappa shape index (κ1) is 24.3. The van der Waals surface area contributed by atoms with Gasteiger partial charge < -0.3 is 20.4 Å². The molecule has 2 aliphatic heterocycles. The Morgan fingerprint density at radius 2 is 1.91 bits per heavy atom. The molecule has 0 bridgehead atoms. The molecular weight excluding hydrogens is 559 g/mol. The van der Waals surface area contributed by atoms with Crippen molar-refractivity contribution in [2.24, 2.45) is 5.92 Å². The predicted molar refractivity (Wildman–Crippen MR) is 144 cm³/mol. The van der Waals surface area contributed by atoms with Gasteiger partial charge in [-0.05, 0) is 44.9 Å². The SMILES string of the molecule is CN1CCN(c2ccc(Nc3ncc(C[C@@H]4CCNC4=O)c(N(I=O)C4CCCC4)n3)cn2)CC1. The van der Waals surface area contributed by atoms with Gasteiger partial charge in [0.1, 0.15) is 11.6 Å². The van der Waals surface area contributed by atoms with E-state index in [4.69, 9.17) is 4.98 Å². The van der Waals surface area contributed by atoms with Crippen molar-refractivity contribution in [2.45, 2.75) is 44.6 Å². The van der Waals surface area contributed by atoms with E-state index >= 15 is 0 Å². The van der Waals surface area contributed by atoms with Crippen LogP contribution in [0.15, 0.2) is 24.5 Å². The summed E-state index contributed by atoms with van der Waals surface area (Å²) in [5.41, 5.74) is 1.70. The van der Waals surface area contributed by atoms with E-state index in [0.717, 1.165) is 75.4 Å². The van der Waals surface area contributed by atoms with Gasteiger partial charge >= 0.3 is 0 Å². The van der Waals surface area contributed by atoms with Crippen LogP contribution >= 0.6 is 21.5 Å². The first-order chi connectivity index (χ1) is 17.1. The smallest absolute Gasteiger partial charge is 0.275 e. The summed E-state index contributed by atoms with van der Waals surface area (Å²) < 4.78 is 14.4. The zero-order valence-electron chi connectivity index (χ0n) is 20.1. The molecule has 1 aliphatic carbocycles. The van der Waals surface area contributed by atoms with Gasteiger partial charge in [0.05, 0.1) is 11.9 Å². The van der Waals surface area contributed by atoms with Crippen LogP contribution in [0.2, 0.25) is 0 Å². The third-order valence-corrected chi connectivity index (χ3v) is 8.89. The van der Waals surface area contributed by atoms with E-state index in [1.165, 1.54) is 0 Å². The first-order valence-corrected chi connectivity index (χ1v) is 14.3. The number of piperazine rings is 1. The van der Waals surface area contributed by atoms with Crippen molar-refractivity contribution in [3.05, 3.63) is 30.1 Å². The van der Waals surface area contributed by atoms with Crippen LogP contribution < -0.4 is 18.6 Å². The zero-order valence-corrected chi connectivity index (χ0v) is 22.3. The van der Waals surface area contributed by atoms with E-state index in [-0.39, 0.29) is 17.9 Å². The molecule has 2 N–H and O–H groups in total. The highest BCUT2D eigenvalue weighted by Crippen LogP contribution is 2.36. The summed E-state index contributed by atoms with van der Waals surface area (Å²) in [6.07, 6.45) is 9.31. The number of halogens is 1. The Labute approximate surface area is 216 Å². The maximum absolute atomic E-state index is 12.4. The van der Waals surface area contributed by atoms with Crippen LogP contribution in [0.25, 0.3) is 0 Å². The van der Waals surface area contributed by atoms with E-state index in [0.29, 0.717) is 24.7 Å². The number of likely N-dealkylation sites (N-methyl/N-ethyl adjacent to an activating group) is 1. The second kappa shape index (κ2) is 11.1. The van der Waals surface area contributed by atoms with Crippen LogP contribution in [-0.2, 0) is 14.3 Å². The van der Waals surface area contributed by atoms with E-state index < -0.39 is 21.5 Å². The van der Waals surface area contributed by atoms with Crippen molar-refractivity contribution in [3.63, 3.8) is 0 Å². The molecule has 4 heterocycles. The van der Waals surface area contributed by atoms with Crippen LogP contribution in [0.4, 0.5) is 23.3 Å². The van der Waals surface area contributed by atoms with Gasteiger partial charge in [-0.25, -0.2) is 13.0 Å². The second-order valence-electron chi connectivity index (χ2n) is 9.66. The van der Waals surface area contributed by atoms with Crippen LogP contribution in [0.3, 0.4) is 0 Å². The van der Waals surface area contributed by atoms with Gasteiger partial charge in [-0.15, -0.1) is 0 Å². The van der Waals surface area contributed by atoms with Gasteiger partial charge in [0.25, 0.3) is 21.5 Å². The van der Waals surface area contributed by atoms with Gasteiger partial charge in [0.15, 0.2) is 0 Å². The third kappa shape index (κ3) is 5.71. The Morgan fingerprint density at radius 1 is 1.11 bits per heavy atom. The molecule has 3 fully saturated rings. The molecule has 0 unspecified atom stereocenters. The van der Waals surface area contributed by atoms with Crippen molar-refractivity contribution in [3.8, 4) is 0 Å². The fourth-order valence-corrected chi connectivity index (χ4v) is 6.58. The van der Waals surface area contributed by atoms with Crippen LogP contribution in [0.1, 0.15) is 37.7 Å². The van der Waals surface area contributed by atoms with E-state index in [1.54, 1.807) is 6.20 Å². The summed E-state index contributed by atoms with van der Waals surface area (Å²) in [6, 6.07) is 4.26. The first-order valence-electron chi connectivity index (χ1n) is 12.5. The monoisotopic (exact) mass is 592 g/mol. The molecule has 2 saturated heterocycles. The number of carbonyl (C=O) groups is 1. The van der Waals surface area contributed by atoms with Gasteiger partial charge in [-0.3, -0.25) is 7.91 Å². The lowest BCUT2D eigenvalue weighted by Crippen LogP contribution is -2.44. The molecule has 11 heteroatoms. The highest BCUT2D eigenvalue weighted by Gasteiger charge is 2.30. The fraction of sp³-hybridized carbons (Fsp3) is 0.583. The zero-order chi connectivity index (χ0) is 24.2. The molecule has 2 aromatic rings. The molecule has 2 aromatic heterocycles. The van der Waals surface area contributed by atoms with Crippen LogP contribution in [0, 0.1) is 5.92 Å². The molecule has 1 saturated carbocycles. The highest BCUT2D eigenvalue weighted by molar-refractivity contribution is 14.1. The lowest BCUT2D eigenvalue weighted by Gasteiger charge is -2.33. The summed E-state index contributed by atoms with van der Waals surface area (Å²) >= 11 is -1.44. The summed E-state index contributed by atoms with van der Waals surface area (Å²) in [5.74, 6) is 2.12. The normalized spacial score (nSPS) is 21.3. The minimum Gasteiger partial charge on any atom is -0.356 e. The Balaban J connectivity index is 1.36. The van der Waals surface area contributed by atoms with Gasteiger partial charge in [-0.1, -0.05) is 12.8 Å². The number of aromatic nitrogens is 3. The molecule has 0 aromatic carbocycles. The average Bonchev–Trinajstić information content (AvgIpc) is 3.55. The van der Waals surface area contributed by atoms with Crippen molar-refractivity contribution >= 4 is 50.6 Å². The number of hydrogen-bond donors (Lipinski definition) is 2. The molecule has 35 heavy (non-hydrogen) atoms. The number of nitrogens with zero attached hydrogens (tertiary/aromatic N) is 6. The average molecular weight is 592 g/mol. The Bertz CT molecular complexity index is 1040. The standard InChI is InChI=1S/C24H33IN8O2/c1-31-10-12-32(13-11-31)21-7-6-19(16-27-21)29-24-28-15-18(14-17-8-9-26-23(17)34)22(30-24)33(25-35)20-4-2-3-5-20/h6-7,15-17,20H,2-5,8-14H2,1H3,(H,26,34)(H,28,29,30)/t17-/m0/s1. The number of amides is 1. The lowest BCUT2D eigenvalue weighted by atomic mass is 9.99. The predicted octanol–water partition coefficient (Wildman–Crippen LogP) is 3.03. The van der Waals surface area contributed by atoms with Crippen LogP contribution in [-0.4, -0.2) is 71.6 Å². The summed E-state index contributed by atoms with van der Waals surface area (Å²) in [5, 5.41) is 6.18. The summed E-state index contributed by atoms with van der Waals surface area (Å²) in [6.45, 7) is 4.72. The lowest BCUT2D eigenvalue weighted by molar-refractivity contribution is -0.122. The summed E-state index contributed by atoms with van der Waals surface area (Å²) in [7, 11) is 2.14. The molecule has 0 spiro atoms. The molecule has 10 nitrogen and oxygen atoms in total. The second-order valence-corrected chi connectivity index (χ2v) is 11.1. The molecule has 3 aliphatic rings. The number of carbonyl (C=O) groups excluding carboxylic acids is 1. The summed E-state index contributed by atoms with van der Waals surface area (Å²) in [4.78, 5) is 30.8. The van der Waals surface area contributed by atoms with Crippen molar-refractivity contribution in [2.75, 3.05) is 53.1 Å². The molecule has 1 amide bonds. The molecule has 188 valence electrons. The van der Waals surface area contributed by atoms with E-state index in [2.05, 4.69) is 37.4 Å². The third-order valence-electron chi connectivity index (χ3n) is 7.22. The maximum Gasteiger partial charge on any atom is 0.275 e. The van der Waals surface area contributed by atoms with E-state index in [1.807, 2.05) is 21.4 Å². The van der Waals surface area contributed by atoms with Gasteiger partial charge in [0.2, 0.25) is 11.9 Å². The molecule has 0 radical (unpaired) electrons. The number of hydrogen-bond acceptors (Lipinski definition) is 8. The van der Waals surface area contributed by atoms with Crippen molar-refractivity contribution in [1.82, 2.24) is 25.2 Å². The fourth-order valence-electron chi connectivity index (χ4n) is 5.10. The quantitative estimate of drug-likeness (QED) is 0.354. The maximum atomic E-state index is 12.4. The Hall–Kier alpha value is -2.41. The van der Waals surface area contributed by atoms with Crippen molar-refractivity contribution < 1.29 is 7.86 Å². The van der Waals surface area contributed by atoms with Crippen molar-refractivity contribution in [1.29, 1.82) is 0 Å². The number of anilines is 4. The highest BCUT2D eigenvalue weighted by atomic mass is 127. The molecular formula is C24H33IN8O2. The molecule has 1 atom stereocenters. The molecule has 5 rings (SSSR count). The Morgan fingerprint density at radius 3 is 2.57 bits per heavy atom.